The first kappa shape index (κ1) is 24.4. The van der Waals surface area contributed by atoms with Crippen LogP contribution in [-0.2, 0) is 20.8 Å². The maximum atomic E-state index is 13.6. The average Bonchev–Trinajstić information content (AvgIpc) is 3.45. The van der Waals surface area contributed by atoms with E-state index in [1.165, 1.54) is 4.90 Å². The van der Waals surface area contributed by atoms with Gasteiger partial charge in [-0.25, -0.2) is 9.88 Å². The van der Waals surface area contributed by atoms with Gasteiger partial charge in [0.15, 0.2) is 5.58 Å². The number of hydrogen-bond donors (Lipinski definition) is 0. The molecular formula is C30H29N3O4. The molecule has 1 aromatic heterocycles. The van der Waals surface area contributed by atoms with Gasteiger partial charge in [-0.15, -0.1) is 0 Å². The summed E-state index contributed by atoms with van der Waals surface area (Å²) < 4.78 is 5.83. The van der Waals surface area contributed by atoms with Crippen LogP contribution >= 0.6 is 0 Å². The molecule has 0 radical (unpaired) electrons. The Morgan fingerprint density at radius 1 is 1.00 bits per heavy atom. The summed E-state index contributed by atoms with van der Waals surface area (Å²) in [6.45, 7) is 5.85. The van der Waals surface area contributed by atoms with Crippen molar-refractivity contribution >= 4 is 34.5 Å². The predicted molar refractivity (Wildman–Crippen MR) is 142 cm³/mol. The standard InChI is InChI=1S/C30H29N3O4/c1-4-30(2,3)33(27(35)18-20-10-6-5-7-11-20)24-19-26(34)32(29(24)36)22-16-14-21(15-17-22)28-31-23-12-8-9-13-25(23)37-28/h5-17,24H,4,18-19H2,1-3H3. The van der Waals surface area contributed by atoms with Crippen molar-refractivity contribution in [1.29, 1.82) is 0 Å². The molecule has 0 saturated carbocycles. The van der Waals surface area contributed by atoms with E-state index in [2.05, 4.69) is 4.98 Å². The average molecular weight is 496 g/mol. The molecule has 4 aromatic rings. The number of fused-ring (bicyclic) bond motifs is 1. The zero-order valence-corrected chi connectivity index (χ0v) is 21.2. The lowest BCUT2D eigenvalue weighted by Gasteiger charge is -2.41. The number of aromatic nitrogens is 1. The lowest BCUT2D eigenvalue weighted by Crippen LogP contribution is -2.56. The van der Waals surface area contributed by atoms with Crippen LogP contribution in [0.4, 0.5) is 5.69 Å². The van der Waals surface area contributed by atoms with E-state index in [1.54, 1.807) is 29.2 Å². The minimum Gasteiger partial charge on any atom is -0.436 e. The minimum absolute atomic E-state index is 0.0460. The number of anilines is 1. The molecule has 0 spiro atoms. The summed E-state index contributed by atoms with van der Waals surface area (Å²) in [6.07, 6.45) is 0.766. The topological polar surface area (TPSA) is 83.7 Å². The van der Waals surface area contributed by atoms with E-state index in [-0.39, 0.29) is 30.6 Å². The van der Waals surface area contributed by atoms with Crippen molar-refractivity contribution in [3.05, 3.63) is 84.4 Å². The minimum atomic E-state index is -0.852. The van der Waals surface area contributed by atoms with Crippen LogP contribution in [0.5, 0.6) is 0 Å². The lowest BCUT2D eigenvalue weighted by molar-refractivity contribution is -0.144. The highest BCUT2D eigenvalue weighted by Crippen LogP contribution is 2.33. The maximum absolute atomic E-state index is 13.6. The van der Waals surface area contributed by atoms with Gasteiger partial charge in [-0.3, -0.25) is 14.4 Å². The number of imide groups is 1. The number of para-hydroxylation sites is 2. The molecule has 7 heteroatoms. The zero-order valence-electron chi connectivity index (χ0n) is 21.2. The van der Waals surface area contributed by atoms with Crippen molar-refractivity contribution in [1.82, 2.24) is 9.88 Å². The van der Waals surface area contributed by atoms with E-state index in [9.17, 15) is 14.4 Å². The smallest absolute Gasteiger partial charge is 0.257 e. The quantitative estimate of drug-likeness (QED) is 0.321. The van der Waals surface area contributed by atoms with Gasteiger partial charge in [0.1, 0.15) is 11.6 Å². The number of benzene rings is 3. The van der Waals surface area contributed by atoms with Crippen molar-refractivity contribution < 1.29 is 18.8 Å². The molecule has 1 fully saturated rings. The fourth-order valence-electron chi connectivity index (χ4n) is 4.80. The Morgan fingerprint density at radius 2 is 1.68 bits per heavy atom. The Labute approximate surface area is 215 Å². The van der Waals surface area contributed by atoms with Crippen LogP contribution in [0.3, 0.4) is 0 Å². The molecule has 3 aromatic carbocycles. The summed E-state index contributed by atoms with van der Waals surface area (Å²) in [6, 6.07) is 23.1. The molecule has 2 heterocycles. The Balaban J connectivity index is 1.40. The molecule has 5 rings (SSSR count). The summed E-state index contributed by atoms with van der Waals surface area (Å²) in [4.78, 5) is 47.6. The van der Waals surface area contributed by atoms with Gasteiger partial charge in [0, 0.05) is 11.1 Å². The second kappa shape index (κ2) is 9.65. The van der Waals surface area contributed by atoms with Gasteiger partial charge in [-0.05, 0) is 62.2 Å². The van der Waals surface area contributed by atoms with Gasteiger partial charge >= 0.3 is 0 Å². The number of hydrogen-bond acceptors (Lipinski definition) is 5. The number of nitrogens with zero attached hydrogens (tertiary/aromatic N) is 3. The second-order valence-electron chi connectivity index (χ2n) is 9.91. The summed E-state index contributed by atoms with van der Waals surface area (Å²) in [5.41, 5.74) is 2.91. The number of amides is 3. The fourth-order valence-corrected chi connectivity index (χ4v) is 4.80. The molecule has 37 heavy (non-hydrogen) atoms. The Morgan fingerprint density at radius 3 is 2.35 bits per heavy atom. The van der Waals surface area contributed by atoms with Crippen molar-refractivity contribution in [2.75, 3.05) is 4.90 Å². The molecule has 7 nitrogen and oxygen atoms in total. The molecule has 1 aliphatic heterocycles. The molecule has 1 saturated heterocycles. The van der Waals surface area contributed by atoms with Gasteiger partial charge in [0.25, 0.3) is 5.91 Å². The zero-order chi connectivity index (χ0) is 26.2. The SMILES string of the molecule is CCC(C)(C)N(C(=O)Cc1ccccc1)C1CC(=O)N(c2ccc(-c3nc4ccccc4o3)cc2)C1=O. The van der Waals surface area contributed by atoms with E-state index < -0.39 is 11.6 Å². The third-order valence-electron chi connectivity index (χ3n) is 7.09. The third-order valence-corrected chi connectivity index (χ3v) is 7.09. The van der Waals surface area contributed by atoms with Crippen LogP contribution in [0.25, 0.3) is 22.6 Å². The first-order valence-electron chi connectivity index (χ1n) is 12.5. The van der Waals surface area contributed by atoms with Crippen molar-refractivity contribution in [3.63, 3.8) is 0 Å². The largest absolute Gasteiger partial charge is 0.436 e. The van der Waals surface area contributed by atoms with Crippen molar-refractivity contribution in [2.45, 2.75) is 51.6 Å². The first-order valence-corrected chi connectivity index (χ1v) is 12.5. The summed E-state index contributed by atoms with van der Waals surface area (Å²) >= 11 is 0. The summed E-state index contributed by atoms with van der Waals surface area (Å²) in [5.74, 6) is -0.416. The molecule has 3 amide bonds. The highest BCUT2D eigenvalue weighted by molar-refractivity contribution is 6.23. The Bertz CT molecular complexity index is 1420. The molecule has 1 atom stereocenters. The highest BCUT2D eigenvalue weighted by atomic mass is 16.3. The van der Waals surface area contributed by atoms with E-state index in [0.717, 1.165) is 16.6 Å². The molecule has 0 aliphatic carbocycles. The van der Waals surface area contributed by atoms with Crippen molar-refractivity contribution in [2.24, 2.45) is 0 Å². The molecule has 1 unspecified atom stereocenters. The van der Waals surface area contributed by atoms with Gasteiger partial charge < -0.3 is 9.32 Å². The number of carbonyl (C=O) groups excluding carboxylic acids is 3. The van der Waals surface area contributed by atoms with Gasteiger partial charge in [-0.2, -0.15) is 0 Å². The van der Waals surface area contributed by atoms with Crippen LogP contribution in [0, 0.1) is 0 Å². The van der Waals surface area contributed by atoms with E-state index in [1.807, 2.05) is 75.4 Å². The van der Waals surface area contributed by atoms with Crippen LogP contribution < -0.4 is 4.90 Å². The Hall–Kier alpha value is -4.26. The van der Waals surface area contributed by atoms with Crippen LogP contribution in [0.1, 0.15) is 39.2 Å². The number of carbonyl (C=O) groups is 3. The molecule has 1 aliphatic rings. The lowest BCUT2D eigenvalue weighted by atomic mass is 9.94. The van der Waals surface area contributed by atoms with Gasteiger partial charge in [0.2, 0.25) is 17.7 Å². The molecular weight excluding hydrogens is 466 g/mol. The molecule has 0 bridgehead atoms. The third kappa shape index (κ3) is 4.65. The van der Waals surface area contributed by atoms with Crippen molar-refractivity contribution in [3.8, 4) is 11.5 Å². The molecule has 188 valence electrons. The van der Waals surface area contributed by atoms with Crippen LogP contribution in [0.15, 0.2) is 83.3 Å². The highest BCUT2D eigenvalue weighted by Gasteiger charge is 2.48. The van der Waals surface area contributed by atoms with E-state index >= 15 is 0 Å². The number of rotatable bonds is 7. The van der Waals surface area contributed by atoms with Crippen LogP contribution in [0.2, 0.25) is 0 Å². The van der Waals surface area contributed by atoms with Gasteiger partial charge in [-0.1, -0.05) is 49.4 Å². The number of oxazole rings is 1. The van der Waals surface area contributed by atoms with Crippen LogP contribution in [-0.4, -0.2) is 39.2 Å². The summed E-state index contributed by atoms with van der Waals surface area (Å²) in [5, 5.41) is 0. The first-order chi connectivity index (χ1) is 17.8. The summed E-state index contributed by atoms with van der Waals surface area (Å²) in [7, 11) is 0. The Kier molecular flexibility index (Phi) is 6.38. The van der Waals surface area contributed by atoms with Gasteiger partial charge in [0.05, 0.1) is 18.5 Å². The monoisotopic (exact) mass is 495 g/mol. The normalized spacial score (nSPS) is 16.0. The van der Waals surface area contributed by atoms with E-state index in [4.69, 9.17) is 4.42 Å². The molecule has 0 N–H and O–H groups in total. The van der Waals surface area contributed by atoms with E-state index in [0.29, 0.717) is 23.6 Å². The maximum Gasteiger partial charge on any atom is 0.257 e. The second-order valence-corrected chi connectivity index (χ2v) is 9.91. The fraction of sp³-hybridized carbons (Fsp3) is 0.267. The predicted octanol–water partition coefficient (Wildman–Crippen LogP) is 5.39.